The third-order valence-electron chi connectivity index (χ3n) is 3.13. The van der Waals surface area contributed by atoms with Crippen molar-refractivity contribution in [2.24, 2.45) is 0 Å². The first-order valence-corrected chi connectivity index (χ1v) is 9.73. The zero-order chi connectivity index (χ0) is 18.3. The molecule has 0 aromatic heterocycles. The highest BCUT2D eigenvalue weighted by Crippen LogP contribution is 2.48. The van der Waals surface area contributed by atoms with Gasteiger partial charge in [-0.15, -0.1) is 0 Å². The number of nitrogens with one attached hydrogen (secondary N) is 2. The average Bonchev–Trinajstić information content (AvgIpc) is 2.55. The van der Waals surface area contributed by atoms with Crippen molar-refractivity contribution in [3.63, 3.8) is 0 Å². The Kier molecular flexibility index (Phi) is 7.02. The van der Waals surface area contributed by atoms with Gasteiger partial charge in [-0.2, -0.15) is 0 Å². The van der Waals surface area contributed by atoms with E-state index in [1.807, 2.05) is 0 Å². The van der Waals surface area contributed by atoms with Crippen LogP contribution in [0.25, 0.3) is 0 Å². The number of anilines is 2. The Balaban J connectivity index is 2.22. The zero-order valence-electron chi connectivity index (χ0n) is 14.0. The molecule has 0 radical (unpaired) electrons. The van der Waals surface area contributed by atoms with Crippen LogP contribution in [0.2, 0.25) is 5.02 Å². The molecule has 2 rings (SSSR count). The summed E-state index contributed by atoms with van der Waals surface area (Å²) in [6, 6.07) is 13.0. The van der Waals surface area contributed by atoms with E-state index >= 15 is 0 Å². The molecule has 2 aromatic rings. The average molecular weight is 383 g/mol. The van der Waals surface area contributed by atoms with Crippen molar-refractivity contribution < 1.29 is 18.4 Å². The molecule has 0 atom stereocenters. The Morgan fingerprint density at radius 2 is 1.72 bits per heavy atom. The van der Waals surface area contributed by atoms with Gasteiger partial charge in [0, 0.05) is 10.7 Å². The van der Waals surface area contributed by atoms with Crippen LogP contribution in [0.4, 0.5) is 16.2 Å². The molecule has 0 aliphatic heterocycles. The predicted octanol–water partition coefficient (Wildman–Crippen LogP) is 4.88. The minimum absolute atomic E-state index is 0.223. The van der Waals surface area contributed by atoms with E-state index in [9.17, 15) is 9.36 Å². The molecular weight excluding hydrogens is 363 g/mol. The highest BCUT2D eigenvalue weighted by molar-refractivity contribution is 7.62. The molecule has 8 heteroatoms. The van der Waals surface area contributed by atoms with E-state index in [1.165, 1.54) is 0 Å². The number of carbonyl (C=O) groups excluding carboxylic acids is 1. The number of benzene rings is 2. The van der Waals surface area contributed by atoms with Gasteiger partial charge >= 0.3 is 13.6 Å². The minimum atomic E-state index is -3.52. The molecular formula is C17H20ClN2O4P. The number of carbonyl (C=O) groups is 1. The van der Waals surface area contributed by atoms with Gasteiger partial charge in [0.05, 0.1) is 24.2 Å². The quantitative estimate of drug-likeness (QED) is 0.669. The molecule has 25 heavy (non-hydrogen) atoms. The van der Waals surface area contributed by atoms with E-state index in [0.29, 0.717) is 21.7 Å². The maximum absolute atomic E-state index is 13.0. The predicted molar refractivity (Wildman–Crippen MR) is 101 cm³/mol. The summed E-state index contributed by atoms with van der Waals surface area (Å²) in [5, 5.41) is 6.16. The van der Waals surface area contributed by atoms with E-state index in [4.69, 9.17) is 20.6 Å². The van der Waals surface area contributed by atoms with Gasteiger partial charge in [-0.3, -0.25) is 4.57 Å². The third-order valence-corrected chi connectivity index (χ3v) is 5.54. The monoisotopic (exact) mass is 382 g/mol. The Morgan fingerprint density at radius 1 is 1.04 bits per heavy atom. The van der Waals surface area contributed by atoms with Crippen LogP contribution in [0.5, 0.6) is 0 Å². The van der Waals surface area contributed by atoms with E-state index < -0.39 is 13.6 Å². The summed E-state index contributed by atoms with van der Waals surface area (Å²) in [5.41, 5.74) is 0.896. The smallest absolute Gasteiger partial charge is 0.308 e. The summed E-state index contributed by atoms with van der Waals surface area (Å²) in [7, 11) is -3.52. The number of halogens is 1. The Labute approximate surface area is 152 Å². The van der Waals surface area contributed by atoms with Gasteiger partial charge in [0.2, 0.25) is 0 Å². The number of rotatable bonds is 7. The van der Waals surface area contributed by atoms with Gasteiger partial charge < -0.3 is 19.7 Å². The van der Waals surface area contributed by atoms with Crippen LogP contribution >= 0.6 is 19.2 Å². The molecule has 0 saturated carbocycles. The van der Waals surface area contributed by atoms with Crippen LogP contribution in [0.15, 0.2) is 48.5 Å². The van der Waals surface area contributed by atoms with Gasteiger partial charge in [0.25, 0.3) is 0 Å². The van der Waals surface area contributed by atoms with Crippen molar-refractivity contribution in [3.8, 4) is 0 Å². The number of hydrogen-bond acceptors (Lipinski definition) is 4. The Bertz CT molecular complexity index is 775. The fraction of sp³-hybridized carbons (Fsp3) is 0.235. The summed E-state index contributed by atoms with van der Waals surface area (Å²) in [5.74, 6) is 0. The van der Waals surface area contributed by atoms with Crippen molar-refractivity contribution in [1.82, 2.24) is 0 Å². The summed E-state index contributed by atoms with van der Waals surface area (Å²) < 4.78 is 23.7. The summed E-state index contributed by atoms with van der Waals surface area (Å²) in [4.78, 5) is 12.3. The first-order chi connectivity index (χ1) is 12.0. The molecule has 0 saturated heterocycles. The summed E-state index contributed by atoms with van der Waals surface area (Å²) in [6.45, 7) is 3.90. The van der Waals surface area contributed by atoms with E-state index in [2.05, 4.69) is 10.6 Å². The molecule has 0 aliphatic carbocycles. The number of para-hydroxylation sites is 1. The molecule has 6 nitrogen and oxygen atoms in total. The topological polar surface area (TPSA) is 76.7 Å². The molecule has 0 unspecified atom stereocenters. The normalized spacial score (nSPS) is 11.2. The lowest BCUT2D eigenvalue weighted by Gasteiger charge is -2.20. The second-order valence-electron chi connectivity index (χ2n) is 4.94. The highest BCUT2D eigenvalue weighted by atomic mass is 35.5. The lowest BCUT2D eigenvalue weighted by atomic mass is 10.3. The fourth-order valence-corrected chi connectivity index (χ4v) is 4.10. The van der Waals surface area contributed by atoms with Crippen molar-refractivity contribution >= 4 is 41.9 Å². The third kappa shape index (κ3) is 5.31. The lowest BCUT2D eigenvalue weighted by Crippen LogP contribution is -2.24. The van der Waals surface area contributed by atoms with E-state index in [-0.39, 0.29) is 13.2 Å². The van der Waals surface area contributed by atoms with Crippen LogP contribution in [0.1, 0.15) is 13.8 Å². The van der Waals surface area contributed by atoms with Crippen LogP contribution in [0, 0.1) is 0 Å². The van der Waals surface area contributed by atoms with Crippen molar-refractivity contribution in [2.45, 2.75) is 13.8 Å². The van der Waals surface area contributed by atoms with Crippen molar-refractivity contribution in [2.75, 3.05) is 23.8 Å². The van der Waals surface area contributed by atoms with Gasteiger partial charge in [-0.25, -0.2) is 4.79 Å². The standard InChI is InChI=1S/C17H20ClN2O4P/c1-3-23-25(22,24-4-2)16-11-6-5-10-15(16)20-17(21)19-14-9-7-8-13(18)12-14/h5-12H,3-4H2,1-2H3,(H2,19,20,21). The van der Waals surface area contributed by atoms with Crippen molar-refractivity contribution in [1.29, 1.82) is 0 Å². The van der Waals surface area contributed by atoms with Crippen LogP contribution in [-0.4, -0.2) is 19.2 Å². The minimum Gasteiger partial charge on any atom is -0.308 e. The maximum Gasteiger partial charge on any atom is 0.363 e. The molecule has 0 spiro atoms. The molecule has 0 fully saturated rings. The van der Waals surface area contributed by atoms with E-state index in [0.717, 1.165) is 0 Å². The highest BCUT2D eigenvalue weighted by Gasteiger charge is 2.30. The van der Waals surface area contributed by atoms with Crippen LogP contribution < -0.4 is 15.9 Å². The molecule has 2 aromatic carbocycles. The lowest BCUT2D eigenvalue weighted by molar-refractivity contribution is 0.230. The van der Waals surface area contributed by atoms with Gasteiger partial charge in [-0.1, -0.05) is 29.8 Å². The first kappa shape index (κ1) is 19.5. The number of urea groups is 1. The molecule has 2 N–H and O–H groups in total. The first-order valence-electron chi connectivity index (χ1n) is 7.80. The summed E-state index contributed by atoms with van der Waals surface area (Å²) in [6.07, 6.45) is 0. The second kappa shape index (κ2) is 9.02. The molecule has 134 valence electrons. The van der Waals surface area contributed by atoms with Crippen LogP contribution in [-0.2, 0) is 13.6 Å². The zero-order valence-corrected chi connectivity index (χ0v) is 15.6. The molecule has 0 heterocycles. The second-order valence-corrected chi connectivity index (χ2v) is 7.37. The SMILES string of the molecule is CCOP(=O)(OCC)c1ccccc1NC(=O)Nc1cccc(Cl)c1. The number of amides is 2. The Hall–Kier alpha value is -1.85. The maximum atomic E-state index is 13.0. The van der Waals surface area contributed by atoms with Gasteiger partial charge in [-0.05, 0) is 44.2 Å². The molecule has 0 bridgehead atoms. The van der Waals surface area contributed by atoms with E-state index in [1.54, 1.807) is 62.4 Å². The number of hydrogen-bond donors (Lipinski definition) is 2. The van der Waals surface area contributed by atoms with Crippen LogP contribution in [0.3, 0.4) is 0 Å². The van der Waals surface area contributed by atoms with Gasteiger partial charge in [0.15, 0.2) is 0 Å². The fourth-order valence-electron chi connectivity index (χ4n) is 2.19. The van der Waals surface area contributed by atoms with Crippen molar-refractivity contribution in [3.05, 3.63) is 53.6 Å². The Morgan fingerprint density at radius 3 is 2.36 bits per heavy atom. The summed E-state index contributed by atoms with van der Waals surface area (Å²) >= 11 is 5.90. The largest absolute Gasteiger partial charge is 0.363 e. The molecule has 0 aliphatic rings. The molecule has 2 amide bonds. The van der Waals surface area contributed by atoms with Gasteiger partial charge in [0.1, 0.15) is 0 Å².